The Morgan fingerprint density at radius 1 is 0.268 bits per heavy atom. The number of nitrogens with zero attached hydrogens (tertiary/aromatic N) is 3. The van der Waals surface area contributed by atoms with Crippen LogP contribution in [0.15, 0.2) is 200 Å². The molecule has 3 heteroatoms. The maximum atomic E-state index is 5.07. The Bertz CT molecular complexity index is 3010. The van der Waals surface area contributed by atoms with Gasteiger partial charge in [0.25, 0.3) is 0 Å². The number of benzene rings is 7. The molecule has 1 aliphatic carbocycles. The number of pyridine rings is 3. The molecular weight excluding hydrogens is 679 g/mol. The summed E-state index contributed by atoms with van der Waals surface area (Å²) in [6.07, 6.45) is 3.61. The predicted octanol–water partition coefficient (Wildman–Crippen LogP) is 13.8. The summed E-state index contributed by atoms with van der Waals surface area (Å²) in [6, 6.07) is 67.2. The zero-order valence-corrected chi connectivity index (χ0v) is 30.4. The van der Waals surface area contributed by atoms with Gasteiger partial charge in [-0.1, -0.05) is 152 Å². The van der Waals surface area contributed by atoms with Crippen LogP contribution in [-0.2, 0) is 0 Å². The highest BCUT2D eigenvalue weighted by molar-refractivity contribution is 6.28. The van der Waals surface area contributed by atoms with E-state index in [2.05, 4.69) is 157 Å². The molecule has 1 aliphatic rings. The van der Waals surface area contributed by atoms with Gasteiger partial charge in [-0.3, -0.25) is 4.98 Å². The summed E-state index contributed by atoms with van der Waals surface area (Å²) >= 11 is 0. The lowest BCUT2D eigenvalue weighted by molar-refractivity contribution is 1.24. The summed E-state index contributed by atoms with van der Waals surface area (Å²) in [7, 11) is 0. The zero-order valence-electron chi connectivity index (χ0n) is 30.4. The Morgan fingerprint density at radius 3 is 1.36 bits per heavy atom. The minimum atomic E-state index is 0.831. The van der Waals surface area contributed by atoms with E-state index in [1.54, 1.807) is 6.20 Å². The molecule has 0 bridgehead atoms. The molecule has 260 valence electrons. The van der Waals surface area contributed by atoms with E-state index in [0.29, 0.717) is 0 Å². The van der Waals surface area contributed by atoms with Crippen LogP contribution in [0.3, 0.4) is 0 Å². The third kappa shape index (κ3) is 5.17. The van der Waals surface area contributed by atoms with Crippen molar-refractivity contribution >= 4 is 21.5 Å². The molecule has 0 spiro atoms. The van der Waals surface area contributed by atoms with Gasteiger partial charge in [0.15, 0.2) is 0 Å². The number of aromatic nitrogens is 3. The van der Waals surface area contributed by atoms with Crippen molar-refractivity contribution in [2.24, 2.45) is 0 Å². The highest BCUT2D eigenvalue weighted by Gasteiger charge is 2.31. The first kappa shape index (κ1) is 32.0. The maximum Gasteiger partial charge on any atom is 0.0893 e. The average molecular weight is 712 g/mol. The van der Waals surface area contributed by atoms with Gasteiger partial charge in [0.05, 0.1) is 22.8 Å². The second-order valence-corrected chi connectivity index (χ2v) is 14.3. The van der Waals surface area contributed by atoms with E-state index >= 15 is 0 Å². The molecule has 11 rings (SSSR count). The van der Waals surface area contributed by atoms with E-state index in [4.69, 9.17) is 9.97 Å². The molecule has 0 saturated carbocycles. The van der Waals surface area contributed by atoms with E-state index in [0.717, 1.165) is 33.9 Å². The van der Waals surface area contributed by atoms with Gasteiger partial charge in [0.2, 0.25) is 0 Å². The molecule has 0 amide bonds. The van der Waals surface area contributed by atoms with Crippen LogP contribution < -0.4 is 0 Å². The van der Waals surface area contributed by atoms with Crippen molar-refractivity contribution in [1.29, 1.82) is 0 Å². The van der Waals surface area contributed by atoms with Gasteiger partial charge in [0, 0.05) is 23.5 Å². The average Bonchev–Trinajstić information content (AvgIpc) is 3.61. The molecule has 0 radical (unpaired) electrons. The maximum absolute atomic E-state index is 5.07. The van der Waals surface area contributed by atoms with Crippen molar-refractivity contribution in [1.82, 2.24) is 15.0 Å². The largest absolute Gasteiger partial charge is 0.264 e. The van der Waals surface area contributed by atoms with Crippen LogP contribution in [0.2, 0.25) is 0 Å². The number of hydrogen-bond donors (Lipinski definition) is 0. The summed E-state index contributed by atoms with van der Waals surface area (Å²) in [6.45, 7) is 0. The van der Waals surface area contributed by atoms with Gasteiger partial charge in [0.1, 0.15) is 0 Å². The molecule has 0 aliphatic heterocycles. The first-order valence-electron chi connectivity index (χ1n) is 19.0. The molecule has 56 heavy (non-hydrogen) atoms. The quantitative estimate of drug-likeness (QED) is 0.172. The Kier molecular flexibility index (Phi) is 7.49. The highest BCUT2D eigenvalue weighted by atomic mass is 14.8. The Morgan fingerprint density at radius 2 is 0.750 bits per heavy atom. The molecule has 7 aromatic carbocycles. The van der Waals surface area contributed by atoms with Crippen molar-refractivity contribution in [3.63, 3.8) is 0 Å². The Labute approximate surface area is 325 Å². The van der Waals surface area contributed by atoms with Crippen molar-refractivity contribution < 1.29 is 0 Å². The topological polar surface area (TPSA) is 38.7 Å². The van der Waals surface area contributed by atoms with Gasteiger partial charge in [-0.05, 0) is 114 Å². The molecule has 0 unspecified atom stereocenters. The molecule has 0 atom stereocenters. The van der Waals surface area contributed by atoms with Crippen LogP contribution >= 0.6 is 0 Å². The molecule has 3 nitrogen and oxygen atoms in total. The molecule has 0 fully saturated rings. The number of rotatable bonds is 6. The van der Waals surface area contributed by atoms with Gasteiger partial charge in [-0.25, -0.2) is 9.97 Å². The molecule has 0 N–H and O–H groups in total. The number of hydrogen-bond acceptors (Lipinski definition) is 3. The Hall–Kier alpha value is -7.49. The molecule has 0 saturated heterocycles. The van der Waals surface area contributed by atoms with E-state index in [-0.39, 0.29) is 0 Å². The van der Waals surface area contributed by atoms with Crippen molar-refractivity contribution in [2.75, 3.05) is 0 Å². The number of fused-ring (bicyclic) bond motifs is 4. The SMILES string of the molecule is c1ccc(-c2c3c(c(-c4ccccc4)c4ccccc24)-c2ccc(-c4ccc(-c5cccc(-c6cccc(-c7cccnc7)n6)n5)cc4)c4cccc-3c24)cc1. The smallest absolute Gasteiger partial charge is 0.0893 e. The van der Waals surface area contributed by atoms with Crippen LogP contribution in [-0.4, -0.2) is 15.0 Å². The van der Waals surface area contributed by atoms with Crippen LogP contribution in [0.1, 0.15) is 0 Å². The van der Waals surface area contributed by atoms with Gasteiger partial charge in [-0.15, -0.1) is 0 Å². The fourth-order valence-electron chi connectivity index (χ4n) is 8.67. The van der Waals surface area contributed by atoms with E-state index in [1.807, 2.05) is 42.6 Å². The summed E-state index contributed by atoms with van der Waals surface area (Å²) in [5.41, 5.74) is 18.1. The van der Waals surface area contributed by atoms with E-state index in [1.165, 1.54) is 77.2 Å². The predicted molar refractivity (Wildman–Crippen MR) is 232 cm³/mol. The summed E-state index contributed by atoms with van der Waals surface area (Å²) in [5.74, 6) is 0. The third-order valence-electron chi connectivity index (χ3n) is 11.1. The zero-order chi connectivity index (χ0) is 37.0. The second kappa shape index (κ2) is 13.1. The lowest BCUT2D eigenvalue weighted by atomic mass is 9.82. The fraction of sp³-hybridized carbons (Fsp3) is 0. The van der Waals surface area contributed by atoms with Gasteiger partial charge < -0.3 is 0 Å². The second-order valence-electron chi connectivity index (χ2n) is 14.3. The van der Waals surface area contributed by atoms with Crippen molar-refractivity contribution in [2.45, 2.75) is 0 Å². The highest BCUT2D eigenvalue weighted by Crippen LogP contribution is 2.58. The summed E-state index contributed by atoms with van der Waals surface area (Å²) in [5, 5.41) is 5.10. The minimum Gasteiger partial charge on any atom is -0.264 e. The van der Waals surface area contributed by atoms with Crippen LogP contribution in [0, 0.1) is 0 Å². The molecular formula is C53H33N3. The fourth-order valence-corrected chi connectivity index (χ4v) is 8.67. The third-order valence-corrected chi connectivity index (χ3v) is 11.1. The summed E-state index contributed by atoms with van der Waals surface area (Å²) in [4.78, 5) is 14.3. The monoisotopic (exact) mass is 711 g/mol. The lowest BCUT2D eigenvalue weighted by Gasteiger charge is -2.20. The Balaban J connectivity index is 1.04. The standard InChI is InChI=1S/C53H33N3/c1-3-13-36(14-4-1)49-41-18-7-8-19-42(41)50(37-15-5-2-6-16-37)53-44-31-30-39(40-20-9-21-43(51(40)44)52(49)53)34-26-28-35(29-27-34)45-22-10-24-47(55-45)48-25-11-23-46(56-48)38-17-12-32-54-33-38/h1-33H. The molecule has 10 aromatic rings. The normalized spacial score (nSPS) is 11.6. The van der Waals surface area contributed by atoms with E-state index in [9.17, 15) is 0 Å². The molecule has 3 heterocycles. The van der Waals surface area contributed by atoms with Gasteiger partial charge in [-0.2, -0.15) is 0 Å². The lowest BCUT2D eigenvalue weighted by Crippen LogP contribution is -1.93. The van der Waals surface area contributed by atoms with Crippen molar-refractivity contribution in [3.05, 3.63) is 200 Å². The van der Waals surface area contributed by atoms with Crippen LogP contribution in [0.25, 0.3) is 111 Å². The van der Waals surface area contributed by atoms with Gasteiger partial charge >= 0.3 is 0 Å². The molecule has 3 aromatic heterocycles. The van der Waals surface area contributed by atoms with Crippen molar-refractivity contribution in [3.8, 4) is 89.5 Å². The van der Waals surface area contributed by atoms with Crippen LogP contribution in [0.4, 0.5) is 0 Å². The van der Waals surface area contributed by atoms with E-state index < -0.39 is 0 Å². The van der Waals surface area contributed by atoms with Crippen LogP contribution in [0.5, 0.6) is 0 Å². The minimum absolute atomic E-state index is 0.831. The first-order chi connectivity index (χ1) is 27.8. The first-order valence-corrected chi connectivity index (χ1v) is 19.0. The summed E-state index contributed by atoms with van der Waals surface area (Å²) < 4.78 is 0.